The van der Waals surface area contributed by atoms with Crippen molar-refractivity contribution in [2.75, 3.05) is 24.2 Å². The van der Waals surface area contributed by atoms with Crippen LogP contribution in [-0.2, 0) is 14.8 Å². The Morgan fingerprint density at radius 1 is 1.38 bits per heavy atom. The molecule has 7 nitrogen and oxygen atoms in total. The van der Waals surface area contributed by atoms with E-state index in [-0.39, 0.29) is 10.8 Å². The molecular weight excluding hydrogens is 292 g/mol. The normalized spacial score (nSPS) is 19.5. The first-order chi connectivity index (χ1) is 9.86. The average molecular weight is 312 g/mol. The molecule has 2 rings (SSSR count). The van der Waals surface area contributed by atoms with Gasteiger partial charge in [-0.2, -0.15) is 0 Å². The fraction of sp³-hybridized carbons (Fsp3) is 0.462. The van der Waals surface area contributed by atoms with Gasteiger partial charge in [0.25, 0.3) is 0 Å². The lowest BCUT2D eigenvalue weighted by molar-refractivity contribution is -0.119. The minimum Gasteiger partial charge on any atom is -0.397 e. The van der Waals surface area contributed by atoms with Gasteiger partial charge in [-0.1, -0.05) is 0 Å². The Kier molecular flexibility index (Phi) is 4.38. The third-order valence-electron chi connectivity index (χ3n) is 3.72. The number of piperidine rings is 1. The van der Waals surface area contributed by atoms with Crippen LogP contribution in [-0.4, -0.2) is 34.0 Å². The van der Waals surface area contributed by atoms with E-state index in [1.54, 1.807) is 6.07 Å². The predicted octanol–water partition coefficient (Wildman–Crippen LogP) is 0.0211. The minimum atomic E-state index is -3.54. The van der Waals surface area contributed by atoms with Crippen LogP contribution >= 0.6 is 0 Å². The number of primary amides is 1. The monoisotopic (exact) mass is 312 g/mol. The SMILES string of the molecule is CNS(=O)(=O)c1ccc(N2CCCCC2C(N)=O)c(N)c1. The summed E-state index contributed by atoms with van der Waals surface area (Å²) in [6, 6.07) is 4.10. The van der Waals surface area contributed by atoms with Gasteiger partial charge in [-0.3, -0.25) is 4.79 Å². The fourth-order valence-corrected chi connectivity index (χ4v) is 3.36. The zero-order valence-corrected chi connectivity index (χ0v) is 12.7. The maximum absolute atomic E-state index is 11.8. The first-order valence-electron chi connectivity index (χ1n) is 6.76. The van der Waals surface area contributed by atoms with Crippen LogP contribution in [0.25, 0.3) is 0 Å². The molecule has 0 radical (unpaired) electrons. The molecule has 1 heterocycles. The number of hydrogen-bond donors (Lipinski definition) is 3. The van der Waals surface area contributed by atoms with Crippen LogP contribution in [0.5, 0.6) is 0 Å². The molecule has 8 heteroatoms. The van der Waals surface area contributed by atoms with Gasteiger partial charge in [-0.25, -0.2) is 13.1 Å². The molecule has 1 amide bonds. The van der Waals surface area contributed by atoms with Crippen molar-refractivity contribution in [2.24, 2.45) is 5.73 Å². The van der Waals surface area contributed by atoms with Crippen LogP contribution < -0.4 is 21.1 Å². The Balaban J connectivity index is 2.38. The Morgan fingerprint density at radius 3 is 2.67 bits per heavy atom. The molecule has 0 bridgehead atoms. The molecule has 0 aromatic heterocycles. The van der Waals surface area contributed by atoms with Crippen molar-refractivity contribution in [1.82, 2.24) is 4.72 Å². The van der Waals surface area contributed by atoms with Gasteiger partial charge in [0.15, 0.2) is 0 Å². The molecule has 1 saturated heterocycles. The first-order valence-corrected chi connectivity index (χ1v) is 8.24. The van der Waals surface area contributed by atoms with E-state index in [1.165, 1.54) is 19.2 Å². The number of nitrogens with zero attached hydrogens (tertiary/aromatic N) is 1. The van der Waals surface area contributed by atoms with Crippen molar-refractivity contribution in [2.45, 2.75) is 30.2 Å². The summed E-state index contributed by atoms with van der Waals surface area (Å²) < 4.78 is 25.8. The molecule has 21 heavy (non-hydrogen) atoms. The fourth-order valence-electron chi connectivity index (χ4n) is 2.59. The van der Waals surface area contributed by atoms with Gasteiger partial charge in [-0.15, -0.1) is 0 Å². The second-order valence-electron chi connectivity index (χ2n) is 5.04. The third-order valence-corrected chi connectivity index (χ3v) is 5.13. The third kappa shape index (κ3) is 3.11. The standard InChI is InChI=1S/C13H20N4O3S/c1-16-21(19,20)9-5-6-11(10(14)8-9)17-7-3-2-4-12(17)13(15)18/h5-6,8,12,16H,2-4,7,14H2,1H3,(H2,15,18). The van der Waals surface area contributed by atoms with Gasteiger partial charge in [0, 0.05) is 6.54 Å². The van der Waals surface area contributed by atoms with E-state index in [0.29, 0.717) is 24.3 Å². The molecule has 1 aliphatic rings. The molecule has 1 unspecified atom stereocenters. The van der Waals surface area contributed by atoms with Gasteiger partial charge >= 0.3 is 0 Å². The Morgan fingerprint density at radius 2 is 2.10 bits per heavy atom. The van der Waals surface area contributed by atoms with Crippen LogP contribution in [0.1, 0.15) is 19.3 Å². The van der Waals surface area contributed by atoms with Crippen LogP contribution in [0.15, 0.2) is 23.1 Å². The van der Waals surface area contributed by atoms with Gasteiger partial charge in [0.05, 0.1) is 16.3 Å². The van der Waals surface area contributed by atoms with Crippen molar-refractivity contribution < 1.29 is 13.2 Å². The number of hydrogen-bond acceptors (Lipinski definition) is 5. The second-order valence-corrected chi connectivity index (χ2v) is 6.92. The van der Waals surface area contributed by atoms with E-state index in [0.717, 1.165) is 12.8 Å². The molecule has 1 atom stereocenters. The lowest BCUT2D eigenvalue weighted by atomic mass is 10.0. The number of anilines is 2. The maximum atomic E-state index is 11.8. The number of benzene rings is 1. The number of carbonyl (C=O) groups excluding carboxylic acids is 1. The Bertz CT molecular complexity index is 645. The summed E-state index contributed by atoms with van der Waals surface area (Å²) in [5.74, 6) is -0.388. The predicted molar refractivity (Wildman–Crippen MR) is 81.3 cm³/mol. The second kappa shape index (κ2) is 5.90. The molecule has 1 aromatic carbocycles. The number of nitrogens with one attached hydrogen (secondary N) is 1. The Hall–Kier alpha value is -1.80. The molecule has 0 aliphatic carbocycles. The van der Waals surface area contributed by atoms with Crippen LogP contribution in [0, 0.1) is 0 Å². The highest BCUT2D eigenvalue weighted by Gasteiger charge is 2.28. The maximum Gasteiger partial charge on any atom is 0.240 e. The summed E-state index contributed by atoms with van der Waals surface area (Å²) >= 11 is 0. The average Bonchev–Trinajstić information content (AvgIpc) is 2.47. The van der Waals surface area contributed by atoms with Crippen molar-refractivity contribution in [3.8, 4) is 0 Å². The molecule has 1 aliphatic heterocycles. The Labute approximate surface area is 124 Å². The number of carbonyl (C=O) groups is 1. The van der Waals surface area contributed by atoms with Crippen LogP contribution in [0.2, 0.25) is 0 Å². The molecule has 1 aromatic rings. The van der Waals surface area contributed by atoms with Gasteiger partial charge < -0.3 is 16.4 Å². The lowest BCUT2D eigenvalue weighted by Crippen LogP contribution is -2.48. The lowest BCUT2D eigenvalue weighted by Gasteiger charge is -2.36. The highest BCUT2D eigenvalue weighted by atomic mass is 32.2. The molecule has 0 spiro atoms. The van der Waals surface area contributed by atoms with E-state index in [9.17, 15) is 13.2 Å². The number of nitrogen functional groups attached to an aromatic ring is 1. The highest BCUT2D eigenvalue weighted by molar-refractivity contribution is 7.89. The summed E-state index contributed by atoms with van der Waals surface area (Å²) in [5.41, 5.74) is 12.4. The summed E-state index contributed by atoms with van der Waals surface area (Å²) in [5, 5.41) is 0. The molecule has 1 fully saturated rings. The molecule has 5 N–H and O–H groups in total. The van der Waals surface area contributed by atoms with Crippen molar-refractivity contribution in [3.63, 3.8) is 0 Å². The van der Waals surface area contributed by atoms with Gasteiger partial charge in [-0.05, 0) is 44.5 Å². The summed E-state index contributed by atoms with van der Waals surface area (Å²) in [6.45, 7) is 0.677. The summed E-state index contributed by atoms with van der Waals surface area (Å²) in [6.07, 6.45) is 2.57. The molecule has 0 saturated carbocycles. The quantitative estimate of drug-likeness (QED) is 0.677. The van der Waals surface area contributed by atoms with E-state index in [2.05, 4.69) is 4.72 Å². The highest BCUT2D eigenvalue weighted by Crippen LogP contribution is 2.31. The van der Waals surface area contributed by atoms with Crippen molar-refractivity contribution in [3.05, 3.63) is 18.2 Å². The van der Waals surface area contributed by atoms with E-state index >= 15 is 0 Å². The zero-order chi connectivity index (χ0) is 15.6. The van der Waals surface area contributed by atoms with Crippen LogP contribution in [0.3, 0.4) is 0 Å². The number of sulfonamides is 1. The van der Waals surface area contributed by atoms with Crippen molar-refractivity contribution >= 4 is 27.3 Å². The van der Waals surface area contributed by atoms with Gasteiger partial charge in [0.1, 0.15) is 6.04 Å². The van der Waals surface area contributed by atoms with Gasteiger partial charge in [0.2, 0.25) is 15.9 Å². The smallest absolute Gasteiger partial charge is 0.240 e. The topological polar surface area (TPSA) is 119 Å². The molecule has 116 valence electrons. The largest absolute Gasteiger partial charge is 0.397 e. The van der Waals surface area contributed by atoms with E-state index < -0.39 is 16.1 Å². The number of rotatable bonds is 4. The van der Waals surface area contributed by atoms with E-state index in [4.69, 9.17) is 11.5 Å². The first kappa shape index (κ1) is 15.6. The van der Waals surface area contributed by atoms with E-state index in [1.807, 2.05) is 4.90 Å². The number of nitrogens with two attached hydrogens (primary N) is 2. The minimum absolute atomic E-state index is 0.0962. The summed E-state index contributed by atoms with van der Waals surface area (Å²) in [7, 11) is -2.20. The molecular formula is C13H20N4O3S. The van der Waals surface area contributed by atoms with Crippen molar-refractivity contribution in [1.29, 1.82) is 0 Å². The summed E-state index contributed by atoms with van der Waals surface area (Å²) in [4.78, 5) is 13.5. The number of amides is 1. The van der Waals surface area contributed by atoms with Crippen LogP contribution in [0.4, 0.5) is 11.4 Å². The zero-order valence-electron chi connectivity index (χ0n) is 11.9.